The Hall–Kier alpha value is -3.56. The van der Waals surface area contributed by atoms with Crippen LogP contribution in [0.25, 0.3) is 0 Å². The summed E-state index contributed by atoms with van der Waals surface area (Å²) in [7, 11) is 2.39. The van der Waals surface area contributed by atoms with Crippen LogP contribution in [0.1, 0.15) is 16.7 Å². The van der Waals surface area contributed by atoms with Crippen molar-refractivity contribution in [1.29, 1.82) is 0 Å². The largest absolute Gasteiger partial charge is 0.508 e. The highest BCUT2D eigenvalue weighted by atomic mass is 19.4. The number of benzene rings is 2. The van der Waals surface area contributed by atoms with Crippen LogP contribution in [0.15, 0.2) is 58.8 Å². The van der Waals surface area contributed by atoms with Gasteiger partial charge in [0.15, 0.2) is 11.4 Å². The highest BCUT2D eigenvalue weighted by molar-refractivity contribution is 6.43. The number of rotatable bonds is 7. The van der Waals surface area contributed by atoms with Crippen LogP contribution >= 0.6 is 0 Å². The van der Waals surface area contributed by atoms with E-state index < -0.39 is 24.5 Å². The zero-order valence-corrected chi connectivity index (χ0v) is 15.4. The number of hydrogen-bond donors (Lipinski definition) is 1. The van der Waals surface area contributed by atoms with Crippen molar-refractivity contribution < 1.29 is 37.5 Å². The number of phenolic OH excluding ortho intramolecular Hbond substituents is 1. The summed E-state index contributed by atoms with van der Waals surface area (Å²) in [4.78, 5) is 21.5. The minimum Gasteiger partial charge on any atom is -0.508 e. The molecule has 2 aromatic carbocycles. The van der Waals surface area contributed by atoms with Crippen molar-refractivity contribution in [3.05, 3.63) is 65.2 Å². The molecule has 0 saturated carbocycles. The van der Waals surface area contributed by atoms with Crippen LogP contribution in [-0.2, 0) is 25.8 Å². The van der Waals surface area contributed by atoms with E-state index in [9.17, 15) is 23.1 Å². The molecule has 0 unspecified atom stereocenters. The van der Waals surface area contributed by atoms with Crippen molar-refractivity contribution in [2.24, 2.45) is 10.3 Å². The minimum atomic E-state index is -4.82. The predicted molar refractivity (Wildman–Crippen MR) is 97.5 cm³/mol. The van der Waals surface area contributed by atoms with E-state index in [1.807, 2.05) is 0 Å². The van der Waals surface area contributed by atoms with Gasteiger partial charge in [0, 0.05) is 16.7 Å². The maximum Gasteiger partial charge on any atom is 0.437 e. The van der Waals surface area contributed by atoms with Gasteiger partial charge in [-0.2, -0.15) is 13.2 Å². The molecular formula is C19H17F3N2O5. The summed E-state index contributed by atoms with van der Waals surface area (Å²) < 4.78 is 44.6. The van der Waals surface area contributed by atoms with Crippen LogP contribution in [0.4, 0.5) is 13.2 Å². The van der Waals surface area contributed by atoms with Crippen molar-refractivity contribution >= 4 is 17.4 Å². The average molecular weight is 410 g/mol. The number of oxime groups is 2. The third kappa shape index (κ3) is 5.71. The normalized spacial score (nSPS) is 12.4. The number of carbonyl (C=O) groups is 1. The molecule has 0 saturated heterocycles. The zero-order chi connectivity index (χ0) is 21.4. The number of hydrogen-bond acceptors (Lipinski definition) is 7. The molecule has 0 aromatic heterocycles. The van der Waals surface area contributed by atoms with Crippen LogP contribution < -0.4 is 0 Å². The molecule has 7 nitrogen and oxygen atoms in total. The summed E-state index contributed by atoms with van der Waals surface area (Å²) in [6, 6.07) is 10.8. The Kier molecular flexibility index (Phi) is 7.18. The Balaban J connectivity index is 2.33. The van der Waals surface area contributed by atoms with E-state index in [1.54, 1.807) is 12.1 Å². The Morgan fingerprint density at radius 1 is 1.07 bits per heavy atom. The molecule has 2 rings (SSSR count). The van der Waals surface area contributed by atoms with Gasteiger partial charge >= 0.3 is 12.1 Å². The molecule has 0 aliphatic rings. The highest BCUT2D eigenvalue weighted by Gasteiger charge is 2.38. The number of ether oxygens (including phenoxy) is 1. The number of phenols is 1. The highest BCUT2D eigenvalue weighted by Crippen LogP contribution is 2.25. The lowest BCUT2D eigenvalue weighted by atomic mass is 10.0. The Morgan fingerprint density at radius 2 is 1.79 bits per heavy atom. The van der Waals surface area contributed by atoms with E-state index >= 15 is 0 Å². The summed E-state index contributed by atoms with van der Waals surface area (Å²) in [5.74, 6) is -1.14. The number of aromatic hydroxyl groups is 1. The average Bonchev–Trinajstić information content (AvgIpc) is 2.68. The molecule has 0 aliphatic heterocycles. The first-order valence-corrected chi connectivity index (χ1v) is 8.12. The molecule has 29 heavy (non-hydrogen) atoms. The first-order chi connectivity index (χ1) is 13.8. The topological polar surface area (TPSA) is 89.7 Å². The number of esters is 1. The van der Waals surface area contributed by atoms with Crippen LogP contribution in [0.3, 0.4) is 0 Å². The van der Waals surface area contributed by atoms with Crippen molar-refractivity contribution in [2.45, 2.75) is 12.8 Å². The second-order valence-electron chi connectivity index (χ2n) is 5.53. The number of nitrogens with zero attached hydrogens (tertiary/aromatic N) is 2. The first kappa shape index (κ1) is 21.7. The van der Waals surface area contributed by atoms with Gasteiger partial charge in [-0.15, -0.1) is 0 Å². The van der Waals surface area contributed by atoms with Crippen LogP contribution in [0.5, 0.6) is 5.75 Å². The molecule has 0 atom stereocenters. The molecule has 154 valence electrons. The standard InChI is InChI=1S/C19H17F3N2O5/c1-27-18(26)16(23-28-2)15-9-4-3-6-13(15)11-29-24-17(19(20,21)22)12-7-5-8-14(25)10-12/h3-10,25H,11H2,1-2H3/b23-16+,24-17+. The zero-order valence-electron chi connectivity index (χ0n) is 15.4. The van der Waals surface area contributed by atoms with Crippen molar-refractivity contribution in [3.63, 3.8) is 0 Å². The summed E-state index contributed by atoms with van der Waals surface area (Å²) >= 11 is 0. The van der Waals surface area contributed by atoms with E-state index in [-0.39, 0.29) is 22.6 Å². The molecule has 10 heteroatoms. The fourth-order valence-corrected chi connectivity index (χ4v) is 2.35. The van der Waals surface area contributed by atoms with Crippen LogP contribution in [-0.4, -0.2) is 42.9 Å². The molecule has 1 N–H and O–H groups in total. The van der Waals surface area contributed by atoms with Gasteiger partial charge in [-0.3, -0.25) is 0 Å². The van der Waals surface area contributed by atoms with Gasteiger partial charge < -0.3 is 19.5 Å². The minimum absolute atomic E-state index is 0.179. The molecule has 2 aromatic rings. The summed E-state index contributed by atoms with van der Waals surface area (Å²) in [6.45, 7) is -0.395. The maximum absolute atomic E-state index is 13.3. The van der Waals surface area contributed by atoms with Gasteiger partial charge in [0.2, 0.25) is 0 Å². The quantitative estimate of drug-likeness (QED) is 0.429. The van der Waals surface area contributed by atoms with Crippen molar-refractivity contribution in [3.8, 4) is 5.75 Å². The fourth-order valence-electron chi connectivity index (χ4n) is 2.35. The monoisotopic (exact) mass is 410 g/mol. The van der Waals surface area contributed by atoms with E-state index in [4.69, 9.17) is 4.84 Å². The molecule has 0 radical (unpaired) electrons. The summed E-state index contributed by atoms with van der Waals surface area (Å²) in [6.07, 6.45) is -4.82. The van der Waals surface area contributed by atoms with Gasteiger partial charge in [-0.1, -0.05) is 46.7 Å². The van der Waals surface area contributed by atoms with Gasteiger partial charge in [0.05, 0.1) is 7.11 Å². The van der Waals surface area contributed by atoms with Gasteiger partial charge in [0.1, 0.15) is 19.5 Å². The number of methoxy groups -OCH3 is 1. The van der Waals surface area contributed by atoms with E-state index in [1.165, 1.54) is 31.4 Å². The fraction of sp³-hybridized carbons (Fsp3) is 0.211. The molecule has 0 amide bonds. The molecule has 0 bridgehead atoms. The van der Waals surface area contributed by atoms with Gasteiger partial charge in [0.25, 0.3) is 0 Å². The van der Waals surface area contributed by atoms with E-state index in [0.29, 0.717) is 5.56 Å². The molecule has 0 aliphatic carbocycles. The van der Waals surface area contributed by atoms with Gasteiger partial charge in [-0.25, -0.2) is 4.79 Å². The number of alkyl halides is 3. The third-order valence-electron chi connectivity index (χ3n) is 3.60. The van der Waals surface area contributed by atoms with Crippen molar-refractivity contribution in [1.82, 2.24) is 0 Å². The van der Waals surface area contributed by atoms with Crippen LogP contribution in [0, 0.1) is 0 Å². The summed E-state index contributed by atoms with van der Waals surface area (Å²) in [5.41, 5.74) is -1.27. The Morgan fingerprint density at radius 3 is 2.41 bits per heavy atom. The van der Waals surface area contributed by atoms with Gasteiger partial charge in [-0.05, 0) is 12.1 Å². The van der Waals surface area contributed by atoms with Crippen molar-refractivity contribution in [2.75, 3.05) is 14.2 Å². The van der Waals surface area contributed by atoms with E-state index in [2.05, 4.69) is 19.9 Å². The number of halogens is 3. The van der Waals surface area contributed by atoms with E-state index in [0.717, 1.165) is 19.2 Å². The lowest BCUT2D eigenvalue weighted by Crippen LogP contribution is -2.24. The predicted octanol–water partition coefficient (Wildman–Crippen LogP) is 3.40. The second-order valence-corrected chi connectivity index (χ2v) is 5.53. The maximum atomic E-state index is 13.3. The Bertz CT molecular complexity index is 926. The van der Waals surface area contributed by atoms with Crippen LogP contribution in [0.2, 0.25) is 0 Å². The number of carbonyl (C=O) groups excluding carboxylic acids is 1. The molecule has 0 fully saturated rings. The first-order valence-electron chi connectivity index (χ1n) is 8.12. The smallest absolute Gasteiger partial charge is 0.437 e. The molecular weight excluding hydrogens is 393 g/mol. The molecule has 0 spiro atoms. The molecule has 0 heterocycles. The third-order valence-corrected chi connectivity index (χ3v) is 3.60. The SMILES string of the molecule is CO/N=C(/C(=O)OC)c1ccccc1CO/N=C(\c1cccc(O)c1)C(F)(F)F. The summed E-state index contributed by atoms with van der Waals surface area (Å²) in [5, 5.41) is 16.2. The lowest BCUT2D eigenvalue weighted by Gasteiger charge is -2.12. The lowest BCUT2D eigenvalue weighted by molar-refractivity contribution is -0.132. The second kappa shape index (κ2) is 9.58. The Labute approximate surface area is 164 Å².